The van der Waals surface area contributed by atoms with E-state index in [9.17, 15) is 5.11 Å². The van der Waals surface area contributed by atoms with Gasteiger partial charge in [0.25, 0.3) is 0 Å². The molecule has 4 nitrogen and oxygen atoms in total. The molecule has 0 aliphatic carbocycles. The van der Waals surface area contributed by atoms with Crippen molar-refractivity contribution in [1.29, 1.82) is 0 Å². The number of pyridine rings is 1. The molecule has 0 bridgehead atoms. The Hall–Kier alpha value is -4.36. The van der Waals surface area contributed by atoms with Crippen LogP contribution >= 0.6 is 0 Å². The van der Waals surface area contributed by atoms with Crippen LogP contribution < -0.4 is 29.0 Å². The Balaban J connectivity index is 0.00000252. The number of nitrogens with one attached hydrogen (secondary N) is 1. The van der Waals surface area contributed by atoms with Crippen molar-refractivity contribution < 1.29 is 29.0 Å². The average molecular weight is 470 g/mol. The molecule has 1 N–H and O–H groups in total. The van der Waals surface area contributed by atoms with Crippen LogP contribution in [0.15, 0.2) is 121 Å². The first-order valence-electron chi connectivity index (χ1n) is 12.0. The molecule has 7 aromatic rings. The molecule has 37 heavy (non-hydrogen) atoms. The zero-order chi connectivity index (χ0) is 24.1. The summed E-state index contributed by atoms with van der Waals surface area (Å²) >= 11 is 0. The Kier molecular flexibility index (Phi) is 5.77. The number of imidazole rings is 1. The second-order valence-electron chi connectivity index (χ2n) is 8.88. The molecule has 0 unspecified atom stereocenters. The maximum atomic E-state index is 13.4. The van der Waals surface area contributed by atoms with E-state index in [1.165, 1.54) is 0 Å². The van der Waals surface area contributed by atoms with E-state index >= 15 is 0 Å². The second-order valence-corrected chi connectivity index (χ2v) is 8.88. The van der Waals surface area contributed by atoms with E-state index in [1.807, 2.05) is 78.9 Å². The van der Waals surface area contributed by atoms with E-state index < -0.39 is 0 Å². The third kappa shape index (κ3) is 3.70. The molecular weight excluding hydrogens is 449 g/mol. The van der Waals surface area contributed by atoms with Gasteiger partial charge in [0.2, 0.25) is 5.52 Å². The summed E-state index contributed by atoms with van der Waals surface area (Å²) in [5.41, 5.74) is 6.30. The first kappa shape index (κ1) is 23.1. The van der Waals surface area contributed by atoms with E-state index in [-0.39, 0.29) is 24.6 Å². The van der Waals surface area contributed by atoms with Gasteiger partial charge in [0.15, 0.2) is 6.20 Å². The standard InChI is InChI=1S/C32H21N3O.Li/c36-31-26(19-18-21-9-8-20-33-30(21)31)24-13-6-14-25-23(24)12-7-15-27(25)32-34-28-16-4-5-17-29(28)35(32)22-10-2-1-3-11-22;/h1-20,36H;/q;+1. The van der Waals surface area contributed by atoms with E-state index in [0.29, 0.717) is 11.1 Å². The van der Waals surface area contributed by atoms with Gasteiger partial charge in [0.05, 0.1) is 11.0 Å². The fraction of sp³-hybridized carbons (Fsp3) is 0. The first-order chi connectivity index (χ1) is 17.8. The molecule has 0 amide bonds. The number of rotatable bonds is 3. The van der Waals surface area contributed by atoms with Crippen molar-refractivity contribution in [3.05, 3.63) is 121 Å². The number of hydrogen-bond donors (Lipinski definition) is 0. The van der Waals surface area contributed by atoms with Gasteiger partial charge in [-0.3, -0.25) is 4.57 Å². The van der Waals surface area contributed by atoms with Gasteiger partial charge in [-0.15, -0.1) is 0 Å². The molecule has 5 aromatic carbocycles. The van der Waals surface area contributed by atoms with Gasteiger partial charge in [0.1, 0.15) is 5.82 Å². The van der Waals surface area contributed by atoms with Crippen molar-refractivity contribution >= 4 is 32.7 Å². The quantitative estimate of drug-likeness (QED) is 0.371. The Morgan fingerprint density at radius 3 is 2.19 bits per heavy atom. The molecule has 0 spiro atoms. The molecule has 0 saturated heterocycles. The molecule has 0 aliphatic heterocycles. The molecule has 0 aliphatic rings. The van der Waals surface area contributed by atoms with E-state index in [2.05, 4.69) is 45.9 Å². The summed E-state index contributed by atoms with van der Waals surface area (Å²) in [6.45, 7) is 0. The monoisotopic (exact) mass is 470 g/mol. The molecule has 0 atom stereocenters. The molecule has 0 saturated carbocycles. The van der Waals surface area contributed by atoms with Gasteiger partial charge in [0, 0.05) is 22.7 Å². The normalized spacial score (nSPS) is 11.1. The fourth-order valence-electron chi connectivity index (χ4n) is 5.17. The first-order valence-corrected chi connectivity index (χ1v) is 12.0. The summed E-state index contributed by atoms with van der Waals surface area (Å²) < 4.78 is 2.21. The smallest absolute Gasteiger partial charge is 0.868 e. The Morgan fingerprint density at radius 2 is 1.35 bits per heavy atom. The van der Waals surface area contributed by atoms with Crippen molar-refractivity contribution in [3.8, 4) is 34.0 Å². The third-order valence-corrected chi connectivity index (χ3v) is 6.82. The van der Waals surface area contributed by atoms with Crippen LogP contribution in [0.1, 0.15) is 0 Å². The van der Waals surface area contributed by atoms with Crippen LogP contribution in [0.2, 0.25) is 0 Å². The number of aromatic nitrogens is 3. The van der Waals surface area contributed by atoms with Crippen molar-refractivity contribution in [1.82, 2.24) is 9.55 Å². The Morgan fingerprint density at radius 1 is 0.622 bits per heavy atom. The summed E-state index contributed by atoms with van der Waals surface area (Å²) in [5, 5.41) is 16.4. The predicted octanol–water partition coefficient (Wildman–Crippen LogP) is 3.56. The van der Waals surface area contributed by atoms with Crippen LogP contribution in [0.3, 0.4) is 0 Å². The zero-order valence-electron chi connectivity index (χ0n) is 20.3. The molecule has 170 valence electrons. The summed E-state index contributed by atoms with van der Waals surface area (Å²) in [5.74, 6) is 0.877. The van der Waals surface area contributed by atoms with Crippen molar-refractivity contribution in [2.24, 2.45) is 0 Å². The number of para-hydroxylation sites is 3. The number of aromatic amines is 1. The van der Waals surface area contributed by atoms with Gasteiger partial charge >= 0.3 is 18.9 Å². The van der Waals surface area contributed by atoms with Crippen LogP contribution in [0.25, 0.3) is 60.9 Å². The van der Waals surface area contributed by atoms with Gasteiger partial charge in [-0.25, -0.2) is 9.97 Å². The van der Waals surface area contributed by atoms with Crippen LogP contribution in [0, 0.1) is 0 Å². The van der Waals surface area contributed by atoms with Crippen molar-refractivity contribution in [2.45, 2.75) is 0 Å². The van der Waals surface area contributed by atoms with E-state index in [0.717, 1.165) is 49.8 Å². The van der Waals surface area contributed by atoms with E-state index in [4.69, 9.17) is 4.98 Å². The summed E-state index contributed by atoms with van der Waals surface area (Å²) in [6, 6.07) is 38.7. The summed E-state index contributed by atoms with van der Waals surface area (Å²) in [7, 11) is 0. The molecule has 2 aromatic heterocycles. The van der Waals surface area contributed by atoms with Gasteiger partial charge < -0.3 is 5.11 Å². The zero-order valence-corrected chi connectivity index (χ0v) is 20.3. The van der Waals surface area contributed by atoms with Crippen LogP contribution in [0.5, 0.6) is 5.75 Å². The fourth-order valence-corrected chi connectivity index (χ4v) is 5.17. The third-order valence-electron chi connectivity index (χ3n) is 6.82. The molecule has 0 fully saturated rings. The number of nitrogens with zero attached hydrogens (tertiary/aromatic N) is 2. The van der Waals surface area contributed by atoms with Gasteiger partial charge in [-0.05, 0) is 64.0 Å². The second kappa shape index (κ2) is 9.26. The molecule has 7 rings (SSSR count). The van der Waals surface area contributed by atoms with Crippen LogP contribution in [-0.4, -0.2) is 9.55 Å². The number of benzene rings is 5. The Bertz CT molecular complexity index is 1910. The minimum Gasteiger partial charge on any atom is -0.868 e. The maximum Gasteiger partial charge on any atom is 1.00 e. The molecular formula is C32H21LiN3O+. The minimum atomic E-state index is 0. The van der Waals surface area contributed by atoms with Gasteiger partial charge in [-0.1, -0.05) is 72.8 Å². The van der Waals surface area contributed by atoms with Crippen LogP contribution in [0.4, 0.5) is 0 Å². The van der Waals surface area contributed by atoms with Crippen molar-refractivity contribution in [2.75, 3.05) is 0 Å². The van der Waals surface area contributed by atoms with E-state index in [1.54, 1.807) is 6.20 Å². The largest absolute Gasteiger partial charge is 1.00 e. The van der Waals surface area contributed by atoms with Crippen LogP contribution in [-0.2, 0) is 0 Å². The number of fused-ring (bicyclic) bond motifs is 3. The minimum absolute atomic E-state index is 0. The maximum absolute atomic E-state index is 13.4. The number of hydrogen-bond acceptors (Lipinski definition) is 2. The van der Waals surface area contributed by atoms with Crippen molar-refractivity contribution in [3.63, 3.8) is 0 Å². The molecule has 5 heteroatoms. The summed E-state index contributed by atoms with van der Waals surface area (Å²) in [6.07, 6.45) is 1.79. The molecule has 2 heterocycles. The SMILES string of the molecule is [Li+].[O-]c1c(-c2cccc3c(-c4nc5ccccc5n4-c4ccccc4)cccc23)ccc2ccc[nH+]c12. The molecule has 0 radical (unpaired) electrons. The van der Waals surface area contributed by atoms with Gasteiger partial charge in [-0.2, -0.15) is 0 Å². The summed E-state index contributed by atoms with van der Waals surface area (Å²) in [4.78, 5) is 8.20. The average Bonchev–Trinajstić information content (AvgIpc) is 3.33. The number of H-pyrrole nitrogens is 1. The predicted molar refractivity (Wildman–Crippen MR) is 143 cm³/mol. The topological polar surface area (TPSA) is 55.0 Å². The Labute approximate surface area is 226 Å².